The van der Waals surface area contributed by atoms with Gasteiger partial charge in [0.25, 0.3) is 0 Å². The summed E-state index contributed by atoms with van der Waals surface area (Å²) in [5.41, 5.74) is 2.46. The maximum absolute atomic E-state index is 6.07. The molecule has 1 N–H and O–H groups in total. The van der Waals surface area contributed by atoms with Gasteiger partial charge in [-0.2, -0.15) is 0 Å². The van der Waals surface area contributed by atoms with Crippen LogP contribution in [0.4, 0.5) is 0 Å². The van der Waals surface area contributed by atoms with Crippen LogP contribution in [0, 0.1) is 6.92 Å². The van der Waals surface area contributed by atoms with E-state index in [2.05, 4.69) is 32.2 Å². The first kappa shape index (κ1) is 10.6. The van der Waals surface area contributed by atoms with Crippen molar-refractivity contribution in [3.05, 3.63) is 34.3 Å². The Morgan fingerprint density at radius 2 is 2.08 bits per heavy atom. The molecule has 0 saturated carbocycles. The Morgan fingerprint density at radius 3 is 2.62 bits per heavy atom. The second-order valence-electron chi connectivity index (χ2n) is 3.57. The number of hydrogen-bond donors (Lipinski definition) is 1. The number of aryl methyl sites for hydroxylation is 1. The summed E-state index contributed by atoms with van der Waals surface area (Å²) in [4.78, 5) is 0. The molecule has 1 aromatic rings. The number of nitrogens with one attached hydrogen (secondary N) is 1. The fraction of sp³-hybridized carbons (Fsp3) is 0.455. The lowest BCUT2D eigenvalue weighted by Gasteiger charge is -2.11. The van der Waals surface area contributed by atoms with Gasteiger partial charge in [-0.25, -0.2) is 0 Å². The van der Waals surface area contributed by atoms with Crippen molar-refractivity contribution in [2.45, 2.75) is 33.4 Å². The molecule has 13 heavy (non-hydrogen) atoms. The molecular weight excluding hydrogens is 182 g/mol. The lowest BCUT2D eigenvalue weighted by atomic mass is 10.1. The largest absolute Gasteiger partial charge is 0.310 e. The third-order valence-electron chi connectivity index (χ3n) is 2.04. The van der Waals surface area contributed by atoms with Crippen molar-refractivity contribution < 1.29 is 0 Å². The van der Waals surface area contributed by atoms with Gasteiger partial charge in [-0.15, -0.1) is 0 Å². The zero-order chi connectivity index (χ0) is 9.84. The summed E-state index contributed by atoms with van der Waals surface area (Å²) in [6.07, 6.45) is 0. The highest BCUT2D eigenvalue weighted by Crippen LogP contribution is 2.18. The van der Waals surface area contributed by atoms with Crippen LogP contribution in [-0.2, 0) is 6.54 Å². The zero-order valence-corrected chi connectivity index (χ0v) is 9.15. The normalized spacial score (nSPS) is 10.8. The molecule has 72 valence electrons. The van der Waals surface area contributed by atoms with E-state index in [9.17, 15) is 0 Å². The molecule has 0 fully saturated rings. The van der Waals surface area contributed by atoms with Gasteiger partial charge in [0.2, 0.25) is 0 Å². The molecule has 0 aliphatic carbocycles. The molecule has 0 radical (unpaired) electrons. The topological polar surface area (TPSA) is 12.0 Å². The fourth-order valence-corrected chi connectivity index (χ4v) is 1.49. The molecule has 1 nitrogen and oxygen atoms in total. The van der Waals surface area contributed by atoms with E-state index < -0.39 is 0 Å². The van der Waals surface area contributed by atoms with Crippen molar-refractivity contribution >= 4 is 11.6 Å². The van der Waals surface area contributed by atoms with Crippen molar-refractivity contribution in [3.63, 3.8) is 0 Å². The highest BCUT2D eigenvalue weighted by molar-refractivity contribution is 6.31. The quantitative estimate of drug-likeness (QED) is 0.785. The van der Waals surface area contributed by atoms with E-state index in [0.717, 1.165) is 11.6 Å². The first-order valence-corrected chi connectivity index (χ1v) is 4.96. The molecule has 0 amide bonds. The second kappa shape index (κ2) is 4.64. The Labute approximate surface area is 85.1 Å². The van der Waals surface area contributed by atoms with Gasteiger partial charge in [0.05, 0.1) is 0 Å². The van der Waals surface area contributed by atoms with Crippen LogP contribution in [0.3, 0.4) is 0 Å². The molecule has 0 heterocycles. The summed E-state index contributed by atoms with van der Waals surface area (Å²) < 4.78 is 0. The predicted octanol–water partition coefficient (Wildman–Crippen LogP) is 3.15. The Kier molecular flexibility index (Phi) is 3.76. The van der Waals surface area contributed by atoms with Crippen LogP contribution in [0.15, 0.2) is 18.2 Å². The van der Waals surface area contributed by atoms with Crippen LogP contribution in [0.5, 0.6) is 0 Å². The molecule has 0 saturated heterocycles. The number of rotatable bonds is 3. The zero-order valence-electron chi connectivity index (χ0n) is 8.39. The molecule has 0 atom stereocenters. The van der Waals surface area contributed by atoms with E-state index in [1.807, 2.05) is 12.1 Å². The first-order chi connectivity index (χ1) is 6.11. The van der Waals surface area contributed by atoms with E-state index in [1.54, 1.807) is 0 Å². The van der Waals surface area contributed by atoms with Gasteiger partial charge in [0.15, 0.2) is 0 Å². The Hall–Kier alpha value is -0.530. The van der Waals surface area contributed by atoms with Crippen LogP contribution >= 0.6 is 11.6 Å². The maximum atomic E-state index is 6.07. The highest BCUT2D eigenvalue weighted by atomic mass is 35.5. The van der Waals surface area contributed by atoms with Gasteiger partial charge < -0.3 is 5.32 Å². The van der Waals surface area contributed by atoms with Crippen LogP contribution in [0.2, 0.25) is 5.02 Å². The number of halogens is 1. The van der Waals surface area contributed by atoms with Crippen molar-refractivity contribution in [2.24, 2.45) is 0 Å². The molecule has 1 rings (SSSR count). The minimum Gasteiger partial charge on any atom is -0.310 e. The Balaban J connectivity index is 2.75. The van der Waals surface area contributed by atoms with Gasteiger partial charge in [-0.1, -0.05) is 37.6 Å². The molecular formula is C11H16ClN. The number of hydrogen-bond acceptors (Lipinski definition) is 1. The third-order valence-corrected chi connectivity index (χ3v) is 2.39. The standard InChI is InChI=1S/C11H16ClN/c1-8(2)13-7-10-9(3)5-4-6-11(10)12/h4-6,8,13H,7H2,1-3H3. The van der Waals surface area contributed by atoms with E-state index in [4.69, 9.17) is 11.6 Å². The second-order valence-corrected chi connectivity index (χ2v) is 3.98. The van der Waals surface area contributed by atoms with E-state index in [1.165, 1.54) is 11.1 Å². The van der Waals surface area contributed by atoms with Crippen LogP contribution in [0.1, 0.15) is 25.0 Å². The van der Waals surface area contributed by atoms with Crippen LogP contribution in [0.25, 0.3) is 0 Å². The molecule has 0 unspecified atom stereocenters. The molecule has 2 heteroatoms. The van der Waals surface area contributed by atoms with E-state index in [-0.39, 0.29) is 0 Å². The van der Waals surface area contributed by atoms with E-state index >= 15 is 0 Å². The van der Waals surface area contributed by atoms with Crippen molar-refractivity contribution in [1.29, 1.82) is 0 Å². The SMILES string of the molecule is Cc1cccc(Cl)c1CNC(C)C. The van der Waals surface area contributed by atoms with Gasteiger partial charge in [0, 0.05) is 17.6 Å². The van der Waals surface area contributed by atoms with Crippen LogP contribution in [-0.4, -0.2) is 6.04 Å². The molecule has 0 bridgehead atoms. The average Bonchev–Trinajstić information content (AvgIpc) is 2.03. The molecule has 0 spiro atoms. The minimum atomic E-state index is 0.496. The van der Waals surface area contributed by atoms with Crippen molar-refractivity contribution in [2.75, 3.05) is 0 Å². The summed E-state index contributed by atoms with van der Waals surface area (Å²) >= 11 is 6.07. The van der Waals surface area contributed by atoms with E-state index in [0.29, 0.717) is 6.04 Å². The Bertz CT molecular complexity index is 261. The van der Waals surface area contributed by atoms with Gasteiger partial charge in [-0.05, 0) is 24.1 Å². The summed E-state index contributed by atoms with van der Waals surface area (Å²) in [5, 5.41) is 4.21. The van der Waals surface area contributed by atoms with Gasteiger partial charge >= 0.3 is 0 Å². The minimum absolute atomic E-state index is 0.496. The molecule has 0 aliphatic rings. The molecule has 0 aromatic heterocycles. The average molecular weight is 198 g/mol. The lowest BCUT2D eigenvalue weighted by molar-refractivity contribution is 0.587. The Morgan fingerprint density at radius 1 is 1.38 bits per heavy atom. The molecule has 1 aromatic carbocycles. The highest BCUT2D eigenvalue weighted by Gasteiger charge is 2.03. The van der Waals surface area contributed by atoms with Gasteiger partial charge in [-0.3, -0.25) is 0 Å². The molecule has 0 aliphatic heterocycles. The predicted molar refractivity (Wildman–Crippen MR) is 58.2 cm³/mol. The summed E-state index contributed by atoms with van der Waals surface area (Å²) in [6.45, 7) is 7.20. The summed E-state index contributed by atoms with van der Waals surface area (Å²) in [6, 6.07) is 6.50. The van der Waals surface area contributed by atoms with Gasteiger partial charge in [0.1, 0.15) is 0 Å². The van der Waals surface area contributed by atoms with Crippen molar-refractivity contribution in [1.82, 2.24) is 5.32 Å². The maximum Gasteiger partial charge on any atom is 0.0453 e. The first-order valence-electron chi connectivity index (χ1n) is 4.58. The smallest absolute Gasteiger partial charge is 0.0453 e. The van der Waals surface area contributed by atoms with Crippen molar-refractivity contribution in [3.8, 4) is 0 Å². The third kappa shape index (κ3) is 3.02. The van der Waals surface area contributed by atoms with Crippen LogP contribution < -0.4 is 5.32 Å². The fourth-order valence-electron chi connectivity index (χ4n) is 1.20. The lowest BCUT2D eigenvalue weighted by Crippen LogP contribution is -2.22. The monoisotopic (exact) mass is 197 g/mol. The summed E-state index contributed by atoms with van der Waals surface area (Å²) in [5.74, 6) is 0. The number of benzene rings is 1. The summed E-state index contributed by atoms with van der Waals surface area (Å²) in [7, 11) is 0.